The fourth-order valence-electron chi connectivity index (χ4n) is 5.01. The molecule has 0 atom stereocenters. The van der Waals surface area contributed by atoms with Crippen molar-refractivity contribution < 1.29 is 8.78 Å². The maximum absolute atomic E-state index is 14.6. The van der Waals surface area contributed by atoms with Gasteiger partial charge in [0.1, 0.15) is 0 Å². The second-order valence-corrected chi connectivity index (χ2v) is 9.69. The second-order valence-electron chi connectivity index (χ2n) is 9.69. The molecule has 0 amide bonds. The number of hydrogen-bond acceptors (Lipinski definition) is 2. The first-order chi connectivity index (χ1) is 15.6. The third-order valence-corrected chi connectivity index (χ3v) is 7.20. The fraction of sp³-hybridized carbons (Fsp3) is 0.643. The summed E-state index contributed by atoms with van der Waals surface area (Å²) in [6.45, 7) is 4.31. The van der Waals surface area contributed by atoms with Gasteiger partial charge in [-0.3, -0.25) is 0 Å². The van der Waals surface area contributed by atoms with Crippen LogP contribution in [0.15, 0.2) is 24.3 Å². The molecule has 0 unspecified atom stereocenters. The molecule has 1 fully saturated rings. The molecule has 1 aromatic carbocycles. The van der Waals surface area contributed by atoms with Gasteiger partial charge in [0.05, 0.1) is 11.4 Å². The molecule has 0 radical (unpaired) electrons. The number of aryl methyl sites for hydroxylation is 2. The van der Waals surface area contributed by atoms with Gasteiger partial charge in [-0.05, 0) is 61.3 Å². The fourth-order valence-corrected chi connectivity index (χ4v) is 5.01. The highest BCUT2D eigenvalue weighted by molar-refractivity contribution is 5.60. The van der Waals surface area contributed by atoms with Gasteiger partial charge in [0.15, 0.2) is 11.6 Å². The molecule has 0 N–H and O–H groups in total. The standard InChI is InChI=1S/C28H40F2N2/c1-3-5-7-8-9-21-11-13-22(14-12-21)15-17-24-18-20-26(32-31-24)25-19-16-23(10-6-4-2)27(29)28(25)30/h16,18-22H,3-15,17H2,1-2H3. The molecule has 0 spiro atoms. The molecule has 1 saturated carbocycles. The van der Waals surface area contributed by atoms with Gasteiger partial charge in [-0.1, -0.05) is 84.1 Å². The lowest BCUT2D eigenvalue weighted by Gasteiger charge is -2.28. The summed E-state index contributed by atoms with van der Waals surface area (Å²) in [5.41, 5.74) is 1.97. The normalized spacial score (nSPS) is 18.8. The Morgan fingerprint density at radius 2 is 1.44 bits per heavy atom. The van der Waals surface area contributed by atoms with Crippen LogP contribution in [0.3, 0.4) is 0 Å². The molecule has 2 aromatic rings. The number of unbranched alkanes of at least 4 members (excludes halogenated alkanes) is 4. The van der Waals surface area contributed by atoms with Crippen LogP contribution in [0.25, 0.3) is 11.3 Å². The highest BCUT2D eigenvalue weighted by atomic mass is 19.2. The third kappa shape index (κ3) is 7.08. The molecule has 1 aromatic heterocycles. The van der Waals surface area contributed by atoms with Crippen LogP contribution in [-0.4, -0.2) is 10.2 Å². The van der Waals surface area contributed by atoms with Crippen molar-refractivity contribution in [2.24, 2.45) is 11.8 Å². The van der Waals surface area contributed by atoms with Gasteiger partial charge in [-0.25, -0.2) is 8.78 Å². The Hall–Kier alpha value is -1.84. The van der Waals surface area contributed by atoms with E-state index >= 15 is 0 Å². The van der Waals surface area contributed by atoms with Crippen molar-refractivity contribution in [1.82, 2.24) is 10.2 Å². The van der Waals surface area contributed by atoms with Crippen molar-refractivity contribution in [3.8, 4) is 11.3 Å². The summed E-state index contributed by atoms with van der Waals surface area (Å²) < 4.78 is 29.0. The van der Waals surface area contributed by atoms with E-state index in [1.54, 1.807) is 18.2 Å². The summed E-state index contributed by atoms with van der Waals surface area (Å²) in [4.78, 5) is 0. The van der Waals surface area contributed by atoms with Crippen molar-refractivity contribution in [1.29, 1.82) is 0 Å². The topological polar surface area (TPSA) is 25.8 Å². The van der Waals surface area contributed by atoms with Gasteiger partial charge in [0, 0.05) is 5.56 Å². The monoisotopic (exact) mass is 442 g/mol. The third-order valence-electron chi connectivity index (χ3n) is 7.20. The van der Waals surface area contributed by atoms with Gasteiger partial charge in [0.2, 0.25) is 0 Å². The summed E-state index contributed by atoms with van der Waals surface area (Å²) in [5, 5.41) is 8.53. The zero-order valence-electron chi connectivity index (χ0n) is 20.0. The van der Waals surface area contributed by atoms with E-state index in [0.29, 0.717) is 17.7 Å². The van der Waals surface area contributed by atoms with E-state index in [9.17, 15) is 8.78 Å². The highest BCUT2D eigenvalue weighted by Gasteiger charge is 2.21. The van der Waals surface area contributed by atoms with Crippen LogP contribution >= 0.6 is 0 Å². The number of hydrogen-bond donors (Lipinski definition) is 0. The predicted octanol–water partition coefficient (Wildman–Crippen LogP) is 8.47. The molecule has 0 bridgehead atoms. The number of benzene rings is 1. The number of aromatic nitrogens is 2. The first-order valence-corrected chi connectivity index (χ1v) is 12.9. The second kappa shape index (κ2) is 13.0. The molecule has 4 heteroatoms. The first kappa shape index (κ1) is 24.8. The lowest BCUT2D eigenvalue weighted by molar-refractivity contribution is 0.248. The number of halogens is 2. The van der Waals surface area contributed by atoms with Crippen molar-refractivity contribution in [3.63, 3.8) is 0 Å². The molecular weight excluding hydrogens is 402 g/mol. The van der Waals surface area contributed by atoms with Crippen LogP contribution in [-0.2, 0) is 12.8 Å². The average molecular weight is 443 g/mol. The molecule has 1 aliphatic carbocycles. The SMILES string of the molecule is CCCCCCC1CCC(CCc2ccc(-c3ccc(CCCC)c(F)c3F)nn2)CC1. The molecule has 3 rings (SSSR count). The van der Waals surface area contributed by atoms with Crippen LogP contribution in [0.4, 0.5) is 8.78 Å². The zero-order valence-corrected chi connectivity index (χ0v) is 20.0. The van der Waals surface area contributed by atoms with Crippen molar-refractivity contribution in [2.45, 2.75) is 104 Å². The van der Waals surface area contributed by atoms with Crippen LogP contribution in [0.2, 0.25) is 0 Å². The Labute approximate surface area is 193 Å². The van der Waals surface area contributed by atoms with E-state index in [0.717, 1.165) is 43.2 Å². The minimum atomic E-state index is -0.813. The maximum atomic E-state index is 14.6. The Kier molecular flexibility index (Phi) is 10.1. The van der Waals surface area contributed by atoms with E-state index in [2.05, 4.69) is 17.1 Å². The van der Waals surface area contributed by atoms with Crippen LogP contribution in [0.5, 0.6) is 0 Å². The summed E-state index contributed by atoms with van der Waals surface area (Å²) in [6, 6.07) is 7.01. The van der Waals surface area contributed by atoms with Gasteiger partial charge in [0.25, 0.3) is 0 Å². The minimum absolute atomic E-state index is 0.194. The van der Waals surface area contributed by atoms with Crippen LogP contribution < -0.4 is 0 Å². The molecule has 1 aliphatic rings. The van der Waals surface area contributed by atoms with Crippen molar-refractivity contribution in [3.05, 3.63) is 47.2 Å². The van der Waals surface area contributed by atoms with Gasteiger partial charge in [-0.2, -0.15) is 10.2 Å². The molecule has 0 saturated heterocycles. The average Bonchev–Trinajstić information content (AvgIpc) is 2.83. The summed E-state index contributed by atoms with van der Waals surface area (Å²) in [5.74, 6) is 0.159. The first-order valence-electron chi connectivity index (χ1n) is 12.9. The smallest absolute Gasteiger partial charge is 0.168 e. The number of nitrogens with zero attached hydrogens (tertiary/aromatic N) is 2. The van der Waals surface area contributed by atoms with Gasteiger partial charge >= 0.3 is 0 Å². The van der Waals surface area contributed by atoms with E-state index < -0.39 is 11.6 Å². The van der Waals surface area contributed by atoms with Crippen LogP contribution in [0, 0.1) is 23.5 Å². The Morgan fingerprint density at radius 1 is 0.719 bits per heavy atom. The summed E-state index contributed by atoms with van der Waals surface area (Å²) in [6.07, 6.45) is 16.7. The largest absolute Gasteiger partial charge is 0.203 e. The maximum Gasteiger partial charge on any atom is 0.168 e. The van der Waals surface area contributed by atoms with Crippen molar-refractivity contribution in [2.75, 3.05) is 0 Å². The zero-order chi connectivity index (χ0) is 22.8. The summed E-state index contributed by atoms with van der Waals surface area (Å²) in [7, 11) is 0. The quantitative estimate of drug-likeness (QED) is 0.308. The van der Waals surface area contributed by atoms with E-state index in [-0.39, 0.29) is 5.56 Å². The van der Waals surface area contributed by atoms with E-state index in [4.69, 9.17) is 0 Å². The summed E-state index contributed by atoms with van der Waals surface area (Å²) >= 11 is 0. The lowest BCUT2D eigenvalue weighted by atomic mass is 9.78. The molecule has 1 heterocycles. The van der Waals surface area contributed by atoms with Crippen LogP contribution in [0.1, 0.15) is 102 Å². The molecule has 0 aliphatic heterocycles. The Morgan fingerprint density at radius 3 is 2.09 bits per heavy atom. The molecule has 176 valence electrons. The van der Waals surface area contributed by atoms with Gasteiger partial charge < -0.3 is 0 Å². The predicted molar refractivity (Wildman–Crippen MR) is 129 cm³/mol. The Bertz CT molecular complexity index is 811. The van der Waals surface area contributed by atoms with Gasteiger partial charge in [-0.15, -0.1) is 0 Å². The van der Waals surface area contributed by atoms with Crippen molar-refractivity contribution >= 4 is 0 Å². The molecular formula is C28H40F2N2. The Balaban J connectivity index is 1.47. The molecule has 2 nitrogen and oxygen atoms in total. The minimum Gasteiger partial charge on any atom is -0.203 e. The number of rotatable bonds is 12. The van der Waals surface area contributed by atoms with E-state index in [1.165, 1.54) is 57.8 Å². The lowest BCUT2D eigenvalue weighted by Crippen LogP contribution is -2.15. The highest BCUT2D eigenvalue weighted by Crippen LogP contribution is 2.34. The molecule has 32 heavy (non-hydrogen) atoms. The van der Waals surface area contributed by atoms with E-state index in [1.807, 2.05) is 13.0 Å².